The molecule has 0 heterocycles. The van der Waals surface area contributed by atoms with E-state index in [4.69, 9.17) is 13.5 Å². The number of rotatable bonds is 1. The van der Waals surface area contributed by atoms with Crippen LogP contribution in [0, 0.1) is 11.3 Å². The van der Waals surface area contributed by atoms with Gasteiger partial charge in [-0.2, -0.15) is 5.26 Å². The highest BCUT2D eigenvalue weighted by Crippen LogP contribution is 2.20. The van der Waals surface area contributed by atoms with Crippen molar-refractivity contribution >= 4 is 15.9 Å². The molecule has 0 saturated heterocycles. The summed E-state index contributed by atoms with van der Waals surface area (Å²) >= 11 is 2.89. The van der Waals surface area contributed by atoms with Gasteiger partial charge in [-0.1, -0.05) is 15.9 Å². The third-order valence-electron chi connectivity index (χ3n) is 0.910. The lowest BCUT2D eigenvalue weighted by Gasteiger charge is -1.99. The minimum Gasteiger partial charge on any atom is -0.497 e. The lowest BCUT2D eigenvalue weighted by Crippen LogP contribution is -1.83. The quantitative estimate of drug-likeness (QED) is 0.724. The van der Waals surface area contributed by atoms with E-state index in [1.54, 1.807) is 6.07 Å². The molecule has 0 aliphatic heterocycles. The average Bonchev–Trinajstić information content (AvgIpc) is 2.21. The molecule has 3 heteroatoms. The van der Waals surface area contributed by atoms with Crippen molar-refractivity contribution in [2.75, 3.05) is 7.04 Å². The molecule has 0 aliphatic carbocycles. The number of nitriles is 1. The van der Waals surface area contributed by atoms with Crippen LogP contribution in [0.2, 0.25) is 0 Å². The van der Waals surface area contributed by atoms with E-state index in [1.807, 2.05) is 0 Å². The maximum Gasteiger partial charge on any atom is 0.121 e. The zero-order chi connectivity index (χ0) is 13.4. The van der Waals surface area contributed by atoms with Crippen LogP contribution in [0.1, 0.15) is 13.8 Å². The van der Waals surface area contributed by atoms with Gasteiger partial charge in [0.05, 0.1) is 26.9 Å². The number of methoxy groups -OCH3 is 1. The lowest BCUT2D eigenvalue weighted by atomic mass is 10.2. The molecule has 1 rings (SSSR count). The van der Waals surface area contributed by atoms with Gasteiger partial charge in [0.2, 0.25) is 0 Å². The zero-order valence-electron chi connectivity index (χ0n) is 11.2. The first-order valence-electron chi connectivity index (χ1n) is 5.57. The molecule has 1 aromatic carbocycles. The fourth-order valence-electron chi connectivity index (χ4n) is 0.524. The smallest absolute Gasteiger partial charge is 0.121 e. The molecule has 1 aromatic rings. The largest absolute Gasteiger partial charge is 0.497 e. The standard InChI is InChI=1S/C8H6BrNO/c1-11-8-3-6(5-10)2-7(9)4-8/h2-4H,1H3/i1D3,2D,3D,4D. The van der Waals surface area contributed by atoms with Crippen LogP contribution in [0.5, 0.6) is 5.75 Å². The Hall–Kier alpha value is -1.01. The van der Waals surface area contributed by atoms with Crippen LogP contribution >= 0.6 is 15.9 Å². The minimum absolute atomic E-state index is 0.0794. The molecule has 11 heavy (non-hydrogen) atoms. The van der Waals surface area contributed by atoms with Gasteiger partial charge in [-0.15, -0.1) is 0 Å². The summed E-state index contributed by atoms with van der Waals surface area (Å²) in [6.45, 7) is 0. The van der Waals surface area contributed by atoms with Gasteiger partial charge in [0.25, 0.3) is 0 Å². The molecule has 0 spiro atoms. The molecule has 0 unspecified atom stereocenters. The average molecular weight is 218 g/mol. The Kier molecular flexibility index (Phi) is 0.976. The first kappa shape index (κ1) is 3.16. The second-order valence-corrected chi connectivity index (χ2v) is 2.40. The Labute approximate surface area is 82.0 Å². The summed E-state index contributed by atoms with van der Waals surface area (Å²) in [5, 5.41) is 8.77. The van der Waals surface area contributed by atoms with Crippen molar-refractivity contribution in [2.45, 2.75) is 0 Å². The van der Waals surface area contributed by atoms with Crippen molar-refractivity contribution in [3.05, 3.63) is 28.2 Å². The zero-order valence-corrected chi connectivity index (χ0v) is 6.82. The van der Waals surface area contributed by atoms with E-state index in [1.165, 1.54) is 0 Å². The Balaban J connectivity index is 3.52. The van der Waals surface area contributed by atoms with Gasteiger partial charge >= 0.3 is 0 Å². The topological polar surface area (TPSA) is 33.0 Å². The van der Waals surface area contributed by atoms with Crippen LogP contribution in [0.25, 0.3) is 0 Å². The van der Waals surface area contributed by atoms with Crippen molar-refractivity contribution in [3.63, 3.8) is 0 Å². The van der Waals surface area contributed by atoms with E-state index in [0.717, 1.165) is 0 Å². The first-order valence-corrected chi connectivity index (χ1v) is 3.36. The van der Waals surface area contributed by atoms with Crippen molar-refractivity contribution in [2.24, 2.45) is 0 Å². The first-order chi connectivity index (χ1) is 7.69. The fraction of sp³-hybridized carbons (Fsp3) is 0.125. The fourth-order valence-corrected chi connectivity index (χ4v) is 0.902. The number of hydrogen-bond donors (Lipinski definition) is 0. The number of halogens is 1. The van der Waals surface area contributed by atoms with Crippen molar-refractivity contribution in [1.29, 1.82) is 5.26 Å². The van der Waals surface area contributed by atoms with Crippen LogP contribution in [0.15, 0.2) is 22.6 Å². The van der Waals surface area contributed by atoms with Crippen molar-refractivity contribution < 1.29 is 13.0 Å². The Bertz CT molecular complexity index is 506. The Morgan fingerprint density at radius 3 is 3.18 bits per heavy atom. The molecule has 56 valence electrons. The SMILES string of the molecule is [2H]c1c(Br)c([2H])c(OC([2H])([2H])[2H])c([2H])c1C#N. The molecule has 0 atom stereocenters. The maximum absolute atomic E-state index is 8.77. The highest BCUT2D eigenvalue weighted by atomic mass is 79.9. The molecule has 0 radical (unpaired) electrons. The Morgan fingerprint density at radius 1 is 1.73 bits per heavy atom. The molecule has 2 nitrogen and oxygen atoms in total. The molecule has 0 N–H and O–H groups in total. The van der Waals surface area contributed by atoms with E-state index in [2.05, 4.69) is 20.7 Å². The minimum atomic E-state index is -2.82. The van der Waals surface area contributed by atoms with Gasteiger partial charge < -0.3 is 4.74 Å². The van der Waals surface area contributed by atoms with Crippen LogP contribution in [-0.2, 0) is 0 Å². The van der Waals surface area contributed by atoms with E-state index in [0.29, 0.717) is 0 Å². The number of benzene rings is 1. The third-order valence-corrected chi connectivity index (χ3v) is 1.31. The molecular formula is C8H6BrNO. The van der Waals surface area contributed by atoms with Crippen molar-refractivity contribution in [1.82, 2.24) is 0 Å². The summed E-state index contributed by atoms with van der Waals surface area (Å²) in [6, 6.07) is 0.270. The van der Waals surface area contributed by atoms with Gasteiger partial charge in [0.15, 0.2) is 0 Å². The van der Waals surface area contributed by atoms with Gasteiger partial charge in [0.1, 0.15) is 5.75 Å². The van der Waals surface area contributed by atoms with Gasteiger partial charge in [-0.05, 0) is 18.1 Å². The Morgan fingerprint density at radius 2 is 2.55 bits per heavy atom. The van der Waals surface area contributed by atoms with E-state index in [9.17, 15) is 0 Å². The van der Waals surface area contributed by atoms with Crippen LogP contribution < -0.4 is 4.74 Å². The molecule has 0 saturated carbocycles. The van der Waals surface area contributed by atoms with Crippen LogP contribution in [0.4, 0.5) is 0 Å². The number of hydrogen-bond acceptors (Lipinski definition) is 2. The highest BCUT2D eigenvalue weighted by molar-refractivity contribution is 9.10. The van der Waals surface area contributed by atoms with Crippen LogP contribution in [-0.4, -0.2) is 7.04 Å². The predicted octanol–water partition coefficient (Wildman–Crippen LogP) is 2.33. The van der Waals surface area contributed by atoms with E-state index >= 15 is 0 Å². The maximum atomic E-state index is 8.77. The van der Waals surface area contributed by atoms with Gasteiger partial charge in [-0.25, -0.2) is 0 Å². The van der Waals surface area contributed by atoms with Crippen molar-refractivity contribution in [3.8, 4) is 11.8 Å². The summed E-state index contributed by atoms with van der Waals surface area (Å²) in [6.07, 6.45) is 0. The molecule has 0 aliphatic rings. The molecular weight excluding hydrogens is 206 g/mol. The van der Waals surface area contributed by atoms with Gasteiger partial charge in [-0.3, -0.25) is 0 Å². The summed E-state index contributed by atoms with van der Waals surface area (Å²) in [5.74, 6) is -0.538. The molecule has 0 fully saturated rings. The van der Waals surface area contributed by atoms with Gasteiger partial charge in [0, 0.05) is 4.47 Å². The third kappa shape index (κ3) is 1.95. The van der Waals surface area contributed by atoms with E-state index < -0.39 is 24.9 Å². The summed E-state index contributed by atoms with van der Waals surface area (Å²) < 4.78 is 47.8. The second kappa shape index (κ2) is 3.40. The number of ether oxygens (including phenoxy) is 1. The predicted molar refractivity (Wildman–Crippen MR) is 45.4 cm³/mol. The summed E-state index contributed by atoms with van der Waals surface area (Å²) in [7, 11) is -2.82. The van der Waals surface area contributed by atoms with Crippen LogP contribution in [0.3, 0.4) is 0 Å². The highest BCUT2D eigenvalue weighted by Gasteiger charge is 1.96. The second-order valence-electron chi connectivity index (χ2n) is 1.61. The normalized spacial score (nSPS) is 17.8. The number of nitrogens with zero attached hydrogens (tertiary/aromatic N) is 1. The monoisotopic (exact) mass is 217 g/mol. The molecule has 0 amide bonds. The summed E-state index contributed by atoms with van der Waals surface area (Å²) in [5.41, 5.74) is -0.341. The molecule has 0 aromatic heterocycles. The lowest BCUT2D eigenvalue weighted by molar-refractivity contribution is 0.414. The summed E-state index contributed by atoms with van der Waals surface area (Å²) in [4.78, 5) is 0. The van der Waals surface area contributed by atoms with E-state index in [-0.39, 0.29) is 16.1 Å². The molecule has 0 bridgehead atoms.